The molecule has 1 aromatic rings. The Morgan fingerprint density at radius 3 is 2.48 bits per heavy atom. The summed E-state index contributed by atoms with van der Waals surface area (Å²) in [6.07, 6.45) is 1.17. The van der Waals surface area contributed by atoms with Crippen molar-refractivity contribution in [2.45, 2.75) is 18.9 Å². The van der Waals surface area contributed by atoms with Gasteiger partial charge in [-0.3, -0.25) is 0 Å². The Balaban J connectivity index is 1.57. The molecule has 0 aromatic heterocycles. The van der Waals surface area contributed by atoms with E-state index in [-0.39, 0.29) is 18.0 Å². The minimum Gasteiger partial charge on any atom is -0.494 e. The van der Waals surface area contributed by atoms with Crippen molar-refractivity contribution in [3.8, 4) is 5.75 Å². The van der Waals surface area contributed by atoms with Crippen LogP contribution < -0.4 is 4.74 Å². The molecule has 1 aromatic carbocycles. The van der Waals surface area contributed by atoms with Crippen LogP contribution in [0.25, 0.3) is 0 Å². The first-order chi connectivity index (χ1) is 10.2. The average molecular weight is 294 g/mol. The van der Waals surface area contributed by atoms with E-state index >= 15 is 0 Å². The molecule has 1 aliphatic rings. The van der Waals surface area contributed by atoms with Crippen molar-refractivity contribution in [3.63, 3.8) is 0 Å². The highest BCUT2D eigenvalue weighted by molar-refractivity contribution is 5.89. The first kappa shape index (κ1) is 15.3. The number of carbonyl (C=O) groups excluding carboxylic acids is 2. The van der Waals surface area contributed by atoms with Gasteiger partial charge in [0.2, 0.25) is 0 Å². The van der Waals surface area contributed by atoms with Crippen LogP contribution in [0, 0.1) is 0 Å². The maximum Gasteiger partial charge on any atom is 0.337 e. The molecular formula is C15H18O6. The van der Waals surface area contributed by atoms with E-state index in [2.05, 4.69) is 4.74 Å². The van der Waals surface area contributed by atoms with Crippen molar-refractivity contribution in [2.75, 3.05) is 26.9 Å². The molecule has 1 aliphatic heterocycles. The van der Waals surface area contributed by atoms with Crippen molar-refractivity contribution in [3.05, 3.63) is 29.8 Å². The Hall–Kier alpha value is -2.08. The van der Waals surface area contributed by atoms with Crippen molar-refractivity contribution in [1.29, 1.82) is 0 Å². The van der Waals surface area contributed by atoms with E-state index in [1.54, 1.807) is 24.3 Å². The van der Waals surface area contributed by atoms with E-state index in [0.717, 1.165) is 12.8 Å². The molecule has 114 valence electrons. The fourth-order valence-electron chi connectivity index (χ4n) is 1.65. The molecule has 0 saturated carbocycles. The van der Waals surface area contributed by atoms with Crippen molar-refractivity contribution >= 4 is 11.9 Å². The lowest BCUT2D eigenvalue weighted by molar-refractivity contribution is -0.145. The highest BCUT2D eigenvalue weighted by Crippen LogP contribution is 2.14. The number of epoxide rings is 1. The summed E-state index contributed by atoms with van der Waals surface area (Å²) >= 11 is 0. The van der Waals surface area contributed by atoms with E-state index in [1.165, 1.54) is 7.11 Å². The molecule has 1 heterocycles. The minimum absolute atomic E-state index is 0.283. The molecule has 21 heavy (non-hydrogen) atoms. The number of benzene rings is 1. The Bertz CT molecular complexity index is 477. The monoisotopic (exact) mass is 294 g/mol. The van der Waals surface area contributed by atoms with Gasteiger partial charge >= 0.3 is 11.9 Å². The number of hydrogen-bond acceptors (Lipinski definition) is 6. The zero-order valence-corrected chi connectivity index (χ0v) is 11.9. The second-order valence-electron chi connectivity index (χ2n) is 4.56. The summed E-state index contributed by atoms with van der Waals surface area (Å²) in [5, 5.41) is 0. The summed E-state index contributed by atoms with van der Waals surface area (Å²) in [6, 6.07) is 6.74. The molecule has 6 heteroatoms. The third-order valence-electron chi connectivity index (χ3n) is 2.92. The number of rotatable bonds is 8. The summed E-state index contributed by atoms with van der Waals surface area (Å²) in [7, 11) is 1.34. The molecule has 1 saturated heterocycles. The molecule has 0 radical (unpaired) electrons. The lowest BCUT2D eigenvalue weighted by atomic mass is 10.2. The van der Waals surface area contributed by atoms with E-state index in [9.17, 15) is 9.59 Å². The van der Waals surface area contributed by atoms with Crippen LogP contribution in [0.4, 0.5) is 0 Å². The summed E-state index contributed by atoms with van der Waals surface area (Å²) in [4.78, 5) is 22.4. The van der Waals surface area contributed by atoms with Crippen molar-refractivity contribution in [2.24, 2.45) is 0 Å². The quantitative estimate of drug-likeness (QED) is 0.411. The number of unbranched alkanes of at least 4 members (excludes halogenated alkanes) is 1. The highest BCUT2D eigenvalue weighted by Gasteiger charge is 2.32. The maximum absolute atomic E-state index is 11.3. The van der Waals surface area contributed by atoms with E-state index in [0.29, 0.717) is 31.1 Å². The molecule has 1 atom stereocenters. The summed E-state index contributed by atoms with van der Waals surface area (Å²) in [5.74, 6) is 0.0309. The molecule has 1 fully saturated rings. The second kappa shape index (κ2) is 7.64. The van der Waals surface area contributed by atoms with Gasteiger partial charge in [-0.1, -0.05) is 0 Å². The average Bonchev–Trinajstić information content (AvgIpc) is 3.35. The standard InChI is InChI=1S/C15H18O6/c1-18-14(16)11-4-6-12(7-5-11)19-8-2-3-9-20-15(17)13-10-21-13/h4-7,13H,2-3,8-10H2,1H3. The smallest absolute Gasteiger partial charge is 0.337 e. The van der Waals surface area contributed by atoms with Crippen LogP contribution in [0.5, 0.6) is 5.75 Å². The lowest BCUT2D eigenvalue weighted by Crippen LogP contribution is -2.12. The zero-order chi connectivity index (χ0) is 15.1. The fourth-order valence-corrected chi connectivity index (χ4v) is 1.65. The van der Waals surface area contributed by atoms with Gasteiger partial charge in [-0.15, -0.1) is 0 Å². The number of esters is 2. The maximum atomic E-state index is 11.3. The Morgan fingerprint density at radius 1 is 1.19 bits per heavy atom. The van der Waals surface area contributed by atoms with Gasteiger partial charge in [0, 0.05) is 0 Å². The number of ether oxygens (including phenoxy) is 4. The van der Waals surface area contributed by atoms with E-state index in [1.807, 2.05) is 0 Å². The molecular weight excluding hydrogens is 276 g/mol. The lowest BCUT2D eigenvalue weighted by Gasteiger charge is -2.07. The Morgan fingerprint density at radius 2 is 1.86 bits per heavy atom. The van der Waals surface area contributed by atoms with Crippen LogP contribution >= 0.6 is 0 Å². The normalized spacial score (nSPS) is 16.1. The molecule has 0 N–H and O–H groups in total. The largest absolute Gasteiger partial charge is 0.494 e. The Kier molecular flexibility index (Phi) is 5.57. The van der Waals surface area contributed by atoms with Crippen LogP contribution in [0.15, 0.2) is 24.3 Å². The molecule has 2 rings (SSSR count). The van der Waals surface area contributed by atoms with Crippen LogP contribution in [0.2, 0.25) is 0 Å². The zero-order valence-electron chi connectivity index (χ0n) is 11.9. The Labute approximate surface area is 122 Å². The van der Waals surface area contributed by atoms with Crippen molar-refractivity contribution in [1.82, 2.24) is 0 Å². The van der Waals surface area contributed by atoms with Crippen LogP contribution in [-0.2, 0) is 19.0 Å². The molecule has 6 nitrogen and oxygen atoms in total. The first-order valence-corrected chi connectivity index (χ1v) is 6.80. The fraction of sp³-hybridized carbons (Fsp3) is 0.467. The van der Waals surface area contributed by atoms with Gasteiger partial charge in [-0.25, -0.2) is 9.59 Å². The van der Waals surface area contributed by atoms with E-state index in [4.69, 9.17) is 14.2 Å². The van der Waals surface area contributed by atoms with Crippen molar-refractivity contribution < 1.29 is 28.5 Å². The minimum atomic E-state index is -0.372. The number of carbonyl (C=O) groups is 2. The molecule has 0 spiro atoms. The molecule has 0 aliphatic carbocycles. The third kappa shape index (κ3) is 5.07. The van der Waals surface area contributed by atoms with Gasteiger partial charge in [-0.2, -0.15) is 0 Å². The third-order valence-corrected chi connectivity index (χ3v) is 2.92. The van der Waals surface area contributed by atoms with Crippen LogP contribution in [0.3, 0.4) is 0 Å². The van der Waals surface area contributed by atoms with Crippen LogP contribution in [-0.4, -0.2) is 45.0 Å². The molecule has 0 amide bonds. The van der Waals surface area contributed by atoms with Gasteiger partial charge < -0.3 is 18.9 Å². The topological polar surface area (TPSA) is 74.4 Å². The molecule has 1 unspecified atom stereocenters. The summed E-state index contributed by atoms with van der Waals surface area (Å²) in [5.41, 5.74) is 0.485. The predicted molar refractivity (Wildman–Crippen MR) is 73.2 cm³/mol. The highest BCUT2D eigenvalue weighted by atomic mass is 16.6. The summed E-state index contributed by atoms with van der Waals surface area (Å²) in [6.45, 7) is 1.38. The number of methoxy groups -OCH3 is 1. The number of hydrogen-bond donors (Lipinski definition) is 0. The van der Waals surface area contributed by atoms with Gasteiger partial charge in [0.05, 0.1) is 32.5 Å². The first-order valence-electron chi connectivity index (χ1n) is 6.80. The van der Waals surface area contributed by atoms with Gasteiger partial charge in [0.1, 0.15) is 5.75 Å². The summed E-state index contributed by atoms with van der Waals surface area (Å²) < 4.78 is 19.9. The second-order valence-corrected chi connectivity index (χ2v) is 4.56. The SMILES string of the molecule is COC(=O)c1ccc(OCCCCOC(=O)C2CO2)cc1. The predicted octanol–water partition coefficient (Wildman–Crippen LogP) is 1.57. The van der Waals surface area contributed by atoms with Crippen LogP contribution in [0.1, 0.15) is 23.2 Å². The van der Waals surface area contributed by atoms with Gasteiger partial charge in [0.25, 0.3) is 0 Å². The van der Waals surface area contributed by atoms with E-state index < -0.39 is 0 Å². The van der Waals surface area contributed by atoms with Gasteiger partial charge in [-0.05, 0) is 37.1 Å². The molecule has 0 bridgehead atoms. The van der Waals surface area contributed by atoms with Gasteiger partial charge in [0.15, 0.2) is 6.10 Å².